The van der Waals surface area contributed by atoms with Gasteiger partial charge in [0.25, 0.3) is 0 Å². The van der Waals surface area contributed by atoms with E-state index in [2.05, 4.69) is 17.1 Å². The molecule has 116 valence electrons. The summed E-state index contributed by atoms with van der Waals surface area (Å²) in [6.45, 7) is 6.09. The van der Waals surface area contributed by atoms with Crippen LogP contribution in [0, 0.1) is 0 Å². The zero-order chi connectivity index (χ0) is 13.0. The molecule has 1 aliphatic rings. The van der Waals surface area contributed by atoms with Gasteiger partial charge >= 0.3 is 0 Å². The molecule has 3 N–H and O–H groups in total. The van der Waals surface area contributed by atoms with E-state index in [1.807, 2.05) is 6.07 Å². The van der Waals surface area contributed by atoms with Crippen LogP contribution in [0.1, 0.15) is 31.4 Å². The highest BCUT2D eigenvalue weighted by atomic mass is 35.5. The number of hydrogen-bond donors (Lipinski definition) is 3. The molecule has 1 saturated heterocycles. The van der Waals surface area contributed by atoms with Crippen LogP contribution in [0.2, 0.25) is 0 Å². The van der Waals surface area contributed by atoms with Crippen molar-refractivity contribution in [1.82, 2.24) is 10.2 Å². The minimum atomic E-state index is -0.0243. The van der Waals surface area contributed by atoms with Crippen molar-refractivity contribution in [3.8, 4) is 11.5 Å². The molecule has 0 bridgehead atoms. The first-order chi connectivity index (χ1) is 8.74. The van der Waals surface area contributed by atoms with E-state index >= 15 is 0 Å². The third-order valence-electron chi connectivity index (χ3n) is 3.56. The molecule has 0 spiro atoms. The van der Waals surface area contributed by atoms with Gasteiger partial charge in [-0.05, 0) is 12.5 Å². The van der Waals surface area contributed by atoms with Crippen LogP contribution in [0.25, 0.3) is 0 Å². The first-order valence-corrected chi connectivity index (χ1v) is 6.69. The summed E-state index contributed by atoms with van der Waals surface area (Å²) in [5, 5.41) is 23.0. The first kappa shape index (κ1) is 19.3. The number of piperazine rings is 1. The summed E-state index contributed by atoms with van der Waals surface area (Å²) in [7, 11) is 0. The van der Waals surface area contributed by atoms with Gasteiger partial charge in [-0.3, -0.25) is 4.90 Å². The molecule has 1 aromatic carbocycles. The van der Waals surface area contributed by atoms with Crippen molar-refractivity contribution < 1.29 is 10.2 Å². The molecule has 0 amide bonds. The predicted molar refractivity (Wildman–Crippen MR) is 86.4 cm³/mol. The Labute approximate surface area is 133 Å². The second-order valence-electron chi connectivity index (χ2n) is 4.81. The Bertz CT molecular complexity index is 399. The third-order valence-corrected chi connectivity index (χ3v) is 3.56. The molecule has 1 heterocycles. The third kappa shape index (κ3) is 4.42. The second-order valence-corrected chi connectivity index (χ2v) is 4.81. The van der Waals surface area contributed by atoms with E-state index < -0.39 is 0 Å². The molecule has 20 heavy (non-hydrogen) atoms. The molecular weight excluding hydrogens is 299 g/mol. The summed E-state index contributed by atoms with van der Waals surface area (Å²) in [5.74, 6) is 0.0122. The quantitative estimate of drug-likeness (QED) is 0.746. The molecular formula is C14H24Cl2N2O2. The van der Waals surface area contributed by atoms with E-state index in [4.69, 9.17) is 0 Å². The van der Waals surface area contributed by atoms with Crippen molar-refractivity contribution in [1.29, 1.82) is 0 Å². The molecule has 0 unspecified atom stereocenters. The Balaban J connectivity index is 0.00000180. The number of halogens is 2. The van der Waals surface area contributed by atoms with Crippen LogP contribution in [0.5, 0.6) is 11.5 Å². The minimum Gasteiger partial charge on any atom is -0.504 e. The lowest BCUT2D eigenvalue weighted by atomic mass is 9.98. The number of benzene rings is 1. The maximum absolute atomic E-state index is 10.0. The van der Waals surface area contributed by atoms with Crippen molar-refractivity contribution in [2.75, 3.05) is 26.2 Å². The van der Waals surface area contributed by atoms with Gasteiger partial charge in [-0.1, -0.05) is 25.5 Å². The lowest BCUT2D eigenvalue weighted by Crippen LogP contribution is -2.45. The molecule has 0 saturated carbocycles. The van der Waals surface area contributed by atoms with Gasteiger partial charge in [0, 0.05) is 37.8 Å². The number of nitrogens with zero attached hydrogens (tertiary/aromatic N) is 1. The molecule has 0 aliphatic carbocycles. The van der Waals surface area contributed by atoms with E-state index in [1.54, 1.807) is 6.07 Å². The average Bonchev–Trinajstić information content (AvgIpc) is 2.41. The van der Waals surface area contributed by atoms with Gasteiger partial charge in [0.2, 0.25) is 0 Å². The molecule has 4 nitrogen and oxygen atoms in total. The van der Waals surface area contributed by atoms with Crippen molar-refractivity contribution in [2.24, 2.45) is 0 Å². The van der Waals surface area contributed by atoms with Crippen LogP contribution < -0.4 is 5.32 Å². The first-order valence-electron chi connectivity index (χ1n) is 6.69. The highest BCUT2D eigenvalue weighted by Crippen LogP contribution is 2.37. The van der Waals surface area contributed by atoms with E-state index in [1.165, 1.54) is 6.07 Å². The highest BCUT2D eigenvalue weighted by molar-refractivity contribution is 5.85. The topological polar surface area (TPSA) is 55.7 Å². The molecule has 1 aliphatic heterocycles. The molecule has 0 radical (unpaired) electrons. The maximum Gasteiger partial charge on any atom is 0.162 e. The minimum absolute atomic E-state index is 0. The fourth-order valence-corrected chi connectivity index (χ4v) is 2.62. The largest absolute Gasteiger partial charge is 0.504 e. The van der Waals surface area contributed by atoms with Crippen LogP contribution in [-0.4, -0.2) is 41.3 Å². The smallest absolute Gasteiger partial charge is 0.162 e. The molecule has 1 aromatic rings. The van der Waals surface area contributed by atoms with E-state index in [9.17, 15) is 10.2 Å². The van der Waals surface area contributed by atoms with Gasteiger partial charge in [0.15, 0.2) is 11.5 Å². The lowest BCUT2D eigenvalue weighted by Gasteiger charge is -2.35. The zero-order valence-corrected chi connectivity index (χ0v) is 13.3. The Morgan fingerprint density at radius 2 is 1.85 bits per heavy atom. The van der Waals surface area contributed by atoms with Crippen molar-refractivity contribution in [3.05, 3.63) is 23.8 Å². The standard InChI is InChI=1S/C14H22N2O2.2ClH/c1-2-4-12(16-9-7-15-8-10-16)11-5-3-6-13(17)14(11)18;;/h3,5-6,12,15,17-18H,2,4,7-10H2,1H3;2*1H/t12-;;/m1../s1. The van der Waals surface area contributed by atoms with Crippen molar-refractivity contribution in [2.45, 2.75) is 25.8 Å². The lowest BCUT2D eigenvalue weighted by molar-refractivity contribution is 0.161. The maximum atomic E-state index is 10.0. The van der Waals surface area contributed by atoms with E-state index in [0.29, 0.717) is 0 Å². The zero-order valence-electron chi connectivity index (χ0n) is 11.7. The van der Waals surface area contributed by atoms with Gasteiger partial charge in [-0.15, -0.1) is 24.8 Å². The van der Waals surface area contributed by atoms with Gasteiger partial charge < -0.3 is 15.5 Å². The van der Waals surface area contributed by atoms with Gasteiger partial charge in [0.1, 0.15) is 0 Å². The summed E-state index contributed by atoms with van der Waals surface area (Å²) < 4.78 is 0. The number of para-hydroxylation sites is 1. The number of rotatable bonds is 4. The fourth-order valence-electron chi connectivity index (χ4n) is 2.62. The van der Waals surface area contributed by atoms with Crippen LogP contribution >= 0.6 is 24.8 Å². The average molecular weight is 323 g/mol. The van der Waals surface area contributed by atoms with E-state index in [0.717, 1.165) is 44.6 Å². The number of phenolic OH excluding ortho intramolecular Hbond substituents is 2. The van der Waals surface area contributed by atoms with Gasteiger partial charge in [0.05, 0.1) is 0 Å². The Morgan fingerprint density at radius 1 is 1.20 bits per heavy atom. The SMILES string of the molecule is CCC[C@H](c1cccc(O)c1O)N1CCNCC1.Cl.Cl. The Hall–Kier alpha value is -0.680. The summed E-state index contributed by atoms with van der Waals surface area (Å²) in [6, 6.07) is 5.44. The number of aromatic hydroxyl groups is 2. The van der Waals surface area contributed by atoms with Crippen LogP contribution in [0.3, 0.4) is 0 Å². The molecule has 6 heteroatoms. The fraction of sp³-hybridized carbons (Fsp3) is 0.571. The van der Waals surface area contributed by atoms with Crippen LogP contribution in [-0.2, 0) is 0 Å². The monoisotopic (exact) mass is 322 g/mol. The van der Waals surface area contributed by atoms with Gasteiger partial charge in [-0.2, -0.15) is 0 Å². The summed E-state index contributed by atoms with van der Waals surface area (Å²) in [6.07, 6.45) is 2.06. The molecule has 1 atom stereocenters. The highest BCUT2D eigenvalue weighted by Gasteiger charge is 2.24. The number of nitrogens with one attached hydrogen (secondary N) is 1. The second kappa shape index (κ2) is 9.29. The Kier molecular flexibility index (Phi) is 8.98. The molecule has 2 rings (SSSR count). The number of hydrogen-bond acceptors (Lipinski definition) is 4. The van der Waals surface area contributed by atoms with Crippen molar-refractivity contribution in [3.63, 3.8) is 0 Å². The summed E-state index contributed by atoms with van der Waals surface area (Å²) in [5.41, 5.74) is 0.846. The van der Waals surface area contributed by atoms with Crippen LogP contribution in [0.15, 0.2) is 18.2 Å². The normalized spacial score (nSPS) is 16.9. The summed E-state index contributed by atoms with van der Waals surface area (Å²) >= 11 is 0. The summed E-state index contributed by atoms with van der Waals surface area (Å²) in [4.78, 5) is 2.38. The Morgan fingerprint density at radius 3 is 2.45 bits per heavy atom. The van der Waals surface area contributed by atoms with Crippen molar-refractivity contribution >= 4 is 24.8 Å². The van der Waals surface area contributed by atoms with Crippen LogP contribution in [0.4, 0.5) is 0 Å². The van der Waals surface area contributed by atoms with Gasteiger partial charge in [-0.25, -0.2) is 0 Å². The number of phenols is 2. The molecule has 0 aromatic heterocycles. The molecule has 1 fully saturated rings. The predicted octanol–water partition coefficient (Wildman–Crippen LogP) is 2.69. The van der Waals surface area contributed by atoms with E-state index in [-0.39, 0.29) is 42.4 Å².